The summed E-state index contributed by atoms with van der Waals surface area (Å²) in [5.74, 6) is 0.340. The van der Waals surface area contributed by atoms with Crippen LogP contribution in [0.25, 0.3) is 0 Å². The third-order valence-electron chi connectivity index (χ3n) is 10.7. The van der Waals surface area contributed by atoms with E-state index >= 15 is 0 Å². The van der Waals surface area contributed by atoms with Crippen LogP contribution in [0.3, 0.4) is 0 Å². The Morgan fingerprint density at radius 1 is 0.939 bits per heavy atom. The molecule has 4 saturated carbocycles. The van der Waals surface area contributed by atoms with Gasteiger partial charge in [-0.2, -0.15) is 0 Å². The van der Waals surface area contributed by atoms with Gasteiger partial charge >= 0.3 is 5.97 Å². The number of hydrogen-bond donors (Lipinski definition) is 5. The molecular weight excluding hydrogens is 422 g/mol. The highest BCUT2D eigenvalue weighted by molar-refractivity contribution is 5.81. The highest BCUT2D eigenvalue weighted by Crippen LogP contribution is 2.68. The molecule has 0 unspecified atom stereocenters. The van der Waals surface area contributed by atoms with E-state index in [0.29, 0.717) is 36.5 Å². The fraction of sp³-hybridized carbons (Fsp3) is 0.923. The van der Waals surface area contributed by atoms with Crippen molar-refractivity contribution in [2.45, 2.75) is 96.9 Å². The second kappa shape index (κ2) is 9.12. The molecule has 0 spiro atoms. The normalized spacial score (nSPS) is 47.7. The molecule has 1 amide bonds. The molecular formula is C26H43NO6. The lowest BCUT2D eigenvalue weighted by atomic mass is 9.43. The molecule has 4 fully saturated rings. The molecule has 7 nitrogen and oxygen atoms in total. The zero-order chi connectivity index (χ0) is 24.1. The summed E-state index contributed by atoms with van der Waals surface area (Å²) in [5.41, 5.74) is 0.0476. The van der Waals surface area contributed by atoms with Crippen molar-refractivity contribution in [2.75, 3.05) is 6.54 Å². The van der Waals surface area contributed by atoms with Crippen LogP contribution in [-0.4, -0.2) is 57.2 Å². The Labute approximate surface area is 197 Å². The maximum atomic E-state index is 12.0. The predicted octanol–water partition coefficient (Wildman–Crippen LogP) is 2.56. The van der Waals surface area contributed by atoms with Gasteiger partial charge in [-0.3, -0.25) is 9.59 Å². The third kappa shape index (κ3) is 4.23. The third-order valence-corrected chi connectivity index (χ3v) is 10.7. The Kier molecular flexibility index (Phi) is 6.89. The van der Waals surface area contributed by atoms with E-state index in [9.17, 15) is 24.9 Å². The smallest absolute Gasteiger partial charge is 0.322 e. The Bertz CT molecular complexity index is 759. The van der Waals surface area contributed by atoms with Crippen LogP contribution in [0, 0.1) is 46.3 Å². The zero-order valence-corrected chi connectivity index (χ0v) is 20.4. The van der Waals surface area contributed by atoms with Gasteiger partial charge in [-0.15, -0.1) is 0 Å². The van der Waals surface area contributed by atoms with E-state index in [4.69, 9.17) is 5.11 Å². The van der Waals surface area contributed by atoms with Crippen molar-refractivity contribution >= 4 is 11.9 Å². The number of aliphatic carboxylic acids is 1. The molecule has 5 N–H and O–H groups in total. The minimum absolute atomic E-state index is 0.0319. The average molecular weight is 466 g/mol. The Balaban J connectivity index is 1.47. The lowest BCUT2D eigenvalue weighted by Gasteiger charge is -2.63. The maximum absolute atomic E-state index is 12.0. The SMILES string of the molecule is C[C@@H](CCC(=O)NCC(=O)O)[C@H]1CC[C@H]2[C@@H]3[C@H](O)[C@@H](O)[C@@H]4C[C@H](O)CC[C@]4(C)[C@H]3CC[C@]12C. The molecule has 4 aliphatic rings. The second-order valence-corrected chi connectivity index (χ2v) is 12.2. The number of carbonyl (C=O) groups excluding carboxylic acids is 1. The summed E-state index contributed by atoms with van der Waals surface area (Å²) in [5, 5.41) is 44.0. The number of hydrogen-bond acceptors (Lipinski definition) is 5. The zero-order valence-electron chi connectivity index (χ0n) is 20.4. The van der Waals surface area contributed by atoms with Crippen LogP contribution in [-0.2, 0) is 9.59 Å². The van der Waals surface area contributed by atoms with Crippen molar-refractivity contribution in [1.29, 1.82) is 0 Å². The number of nitrogens with one attached hydrogen (secondary N) is 1. The molecule has 11 atom stereocenters. The molecule has 0 aromatic rings. The number of aliphatic hydroxyl groups is 3. The molecule has 0 saturated heterocycles. The van der Waals surface area contributed by atoms with Crippen LogP contribution in [0.5, 0.6) is 0 Å². The van der Waals surface area contributed by atoms with Crippen molar-refractivity contribution in [3.8, 4) is 0 Å². The summed E-state index contributed by atoms with van der Waals surface area (Å²) >= 11 is 0. The van der Waals surface area contributed by atoms with Crippen molar-refractivity contribution < 1.29 is 30.0 Å². The van der Waals surface area contributed by atoms with E-state index in [2.05, 4.69) is 26.1 Å². The summed E-state index contributed by atoms with van der Waals surface area (Å²) < 4.78 is 0. The van der Waals surface area contributed by atoms with Crippen LogP contribution >= 0.6 is 0 Å². The van der Waals surface area contributed by atoms with E-state index in [1.807, 2.05) is 0 Å². The lowest BCUT2D eigenvalue weighted by molar-refractivity contribution is -0.223. The first-order valence-electron chi connectivity index (χ1n) is 13.0. The van der Waals surface area contributed by atoms with E-state index in [1.165, 1.54) is 0 Å². The molecule has 4 rings (SSSR count). The highest BCUT2D eigenvalue weighted by Gasteiger charge is 2.65. The largest absolute Gasteiger partial charge is 0.480 e. The Morgan fingerprint density at radius 2 is 1.61 bits per heavy atom. The van der Waals surface area contributed by atoms with Crippen LogP contribution in [0.15, 0.2) is 0 Å². The monoisotopic (exact) mass is 465 g/mol. The van der Waals surface area contributed by atoms with Crippen LogP contribution < -0.4 is 5.32 Å². The minimum Gasteiger partial charge on any atom is -0.480 e. The Hall–Kier alpha value is -1.18. The summed E-state index contributed by atoms with van der Waals surface area (Å²) in [6, 6.07) is 0. The van der Waals surface area contributed by atoms with E-state index in [1.54, 1.807) is 0 Å². The molecule has 7 heteroatoms. The van der Waals surface area contributed by atoms with Crippen LogP contribution in [0.4, 0.5) is 0 Å². The average Bonchev–Trinajstić information content (AvgIpc) is 3.12. The summed E-state index contributed by atoms with van der Waals surface area (Å²) in [6.07, 6.45) is 5.74. The van der Waals surface area contributed by atoms with E-state index < -0.39 is 18.2 Å². The summed E-state index contributed by atoms with van der Waals surface area (Å²) in [6.45, 7) is 6.53. The minimum atomic E-state index is -1.03. The predicted molar refractivity (Wildman–Crippen MR) is 123 cm³/mol. The van der Waals surface area contributed by atoms with Crippen LogP contribution in [0.2, 0.25) is 0 Å². The standard InChI is InChI=1S/C26H43NO6/c1-14(4-7-20(29)27-13-21(30)31)16-5-6-17-22-18(9-11-25(16,17)2)26(3)10-8-15(28)12-19(26)23(32)24(22)33/h14-19,22-24,28,32-33H,4-13H2,1-3H3,(H,27,29)(H,30,31)/t14-,15+,16+,17-,18-,19-,22-,23-,24-,25+,26+/m0/s1. The van der Waals surface area contributed by atoms with Crippen molar-refractivity contribution in [2.24, 2.45) is 46.3 Å². The molecule has 0 bridgehead atoms. The lowest BCUT2D eigenvalue weighted by Crippen LogP contribution is -2.64. The van der Waals surface area contributed by atoms with Crippen molar-refractivity contribution in [3.63, 3.8) is 0 Å². The molecule has 4 aliphatic carbocycles. The summed E-state index contributed by atoms with van der Waals surface area (Å²) in [4.78, 5) is 22.7. The van der Waals surface area contributed by atoms with Gasteiger partial charge in [0.05, 0.1) is 18.3 Å². The number of amides is 1. The number of carboxylic acids is 1. The molecule has 33 heavy (non-hydrogen) atoms. The molecule has 0 heterocycles. The van der Waals surface area contributed by atoms with Gasteiger partial charge in [0.25, 0.3) is 0 Å². The maximum Gasteiger partial charge on any atom is 0.322 e. The molecule has 0 radical (unpaired) electrons. The second-order valence-electron chi connectivity index (χ2n) is 12.2. The number of carboxylic acid groups (broad SMARTS) is 1. The number of fused-ring (bicyclic) bond motifs is 5. The van der Waals surface area contributed by atoms with Gasteiger partial charge in [0, 0.05) is 6.42 Å². The van der Waals surface area contributed by atoms with Gasteiger partial charge in [0.1, 0.15) is 6.54 Å². The first kappa shape index (κ1) is 24.9. The Morgan fingerprint density at radius 3 is 2.30 bits per heavy atom. The van der Waals surface area contributed by atoms with Gasteiger partial charge in [0.15, 0.2) is 0 Å². The van der Waals surface area contributed by atoms with Crippen molar-refractivity contribution in [3.05, 3.63) is 0 Å². The first-order chi connectivity index (χ1) is 15.5. The number of carbonyl (C=O) groups is 2. The molecule has 0 aliphatic heterocycles. The summed E-state index contributed by atoms with van der Waals surface area (Å²) in [7, 11) is 0. The first-order valence-corrected chi connectivity index (χ1v) is 13.0. The molecule has 0 aromatic carbocycles. The van der Waals surface area contributed by atoms with Gasteiger partial charge < -0.3 is 25.7 Å². The van der Waals surface area contributed by atoms with Crippen molar-refractivity contribution in [1.82, 2.24) is 5.32 Å². The van der Waals surface area contributed by atoms with Crippen LogP contribution in [0.1, 0.15) is 78.6 Å². The number of aliphatic hydroxyl groups excluding tert-OH is 3. The highest BCUT2D eigenvalue weighted by atomic mass is 16.4. The molecule has 188 valence electrons. The quantitative estimate of drug-likeness (QED) is 0.410. The van der Waals surface area contributed by atoms with Gasteiger partial charge in [-0.05, 0) is 97.7 Å². The fourth-order valence-corrected chi connectivity index (χ4v) is 9.04. The van der Waals surface area contributed by atoms with Gasteiger partial charge in [-0.1, -0.05) is 20.8 Å². The van der Waals surface area contributed by atoms with Gasteiger partial charge in [-0.25, -0.2) is 0 Å². The number of rotatable bonds is 6. The molecule has 0 aromatic heterocycles. The fourth-order valence-electron chi connectivity index (χ4n) is 9.04. The van der Waals surface area contributed by atoms with E-state index in [0.717, 1.165) is 44.9 Å². The van der Waals surface area contributed by atoms with Gasteiger partial charge in [0.2, 0.25) is 5.91 Å². The van der Waals surface area contributed by atoms with E-state index in [-0.39, 0.29) is 41.2 Å². The topological polar surface area (TPSA) is 127 Å².